The van der Waals surface area contributed by atoms with Gasteiger partial charge in [0.2, 0.25) is 5.82 Å². The third kappa shape index (κ3) is 3.97. The van der Waals surface area contributed by atoms with Crippen LogP contribution in [0.2, 0.25) is 0 Å². The molecule has 0 aliphatic rings. The molecule has 0 amide bonds. The third-order valence-electron chi connectivity index (χ3n) is 3.07. The van der Waals surface area contributed by atoms with Crippen molar-refractivity contribution in [1.29, 1.82) is 0 Å². The summed E-state index contributed by atoms with van der Waals surface area (Å²) in [6.07, 6.45) is 0. The molecule has 3 rings (SSSR count). The predicted octanol–water partition coefficient (Wildman–Crippen LogP) is 2.22. The van der Waals surface area contributed by atoms with Gasteiger partial charge in [-0.05, 0) is 22.9 Å². The van der Waals surface area contributed by atoms with Crippen LogP contribution < -0.4 is 0 Å². The summed E-state index contributed by atoms with van der Waals surface area (Å²) in [6.45, 7) is -0.0691. The maximum Gasteiger partial charge on any atom is 0.330 e. The van der Waals surface area contributed by atoms with Gasteiger partial charge in [-0.2, -0.15) is 4.80 Å². The first-order valence-electron chi connectivity index (χ1n) is 6.94. The van der Waals surface area contributed by atoms with Crippen LogP contribution in [0.25, 0.3) is 11.4 Å². The number of hydrogen-bond acceptors (Lipinski definition) is 5. The van der Waals surface area contributed by atoms with Gasteiger partial charge < -0.3 is 4.74 Å². The molecule has 0 radical (unpaired) electrons. The highest BCUT2D eigenvalue weighted by molar-refractivity contribution is 5.69. The fourth-order valence-electron chi connectivity index (χ4n) is 1.92. The van der Waals surface area contributed by atoms with Crippen molar-refractivity contribution in [3.05, 3.63) is 66.0 Å². The molecule has 0 fully saturated rings. The fourth-order valence-corrected chi connectivity index (χ4v) is 1.92. The number of tetrazole rings is 1. The second-order valence-electron chi connectivity index (χ2n) is 4.80. The summed E-state index contributed by atoms with van der Waals surface area (Å²) in [5.74, 6) is -0.386. The summed E-state index contributed by atoms with van der Waals surface area (Å²) in [7, 11) is 0. The van der Waals surface area contributed by atoms with Gasteiger partial charge in [-0.1, -0.05) is 42.5 Å². The van der Waals surface area contributed by atoms with Crippen molar-refractivity contribution in [2.45, 2.75) is 13.2 Å². The Morgan fingerprint density at radius 1 is 1.09 bits per heavy atom. The molecular formula is C16H13FN4O2. The van der Waals surface area contributed by atoms with Crippen LogP contribution in [-0.4, -0.2) is 26.2 Å². The van der Waals surface area contributed by atoms with Crippen LogP contribution in [-0.2, 0) is 22.7 Å². The van der Waals surface area contributed by atoms with Crippen LogP contribution >= 0.6 is 0 Å². The van der Waals surface area contributed by atoms with E-state index in [0.717, 1.165) is 5.56 Å². The quantitative estimate of drug-likeness (QED) is 0.676. The van der Waals surface area contributed by atoms with E-state index in [0.29, 0.717) is 11.4 Å². The summed E-state index contributed by atoms with van der Waals surface area (Å²) in [6, 6.07) is 15.1. The molecule has 0 aliphatic carbocycles. The van der Waals surface area contributed by atoms with Crippen LogP contribution in [0.4, 0.5) is 4.39 Å². The molecule has 0 spiro atoms. The summed E-state index contributed by atoms with van der Waals surface area (Å²) >= 11 is 0. The van der Waals surface area contributed by atoms with Gasteiger partial charge in [-0.25, -0.2) is 9.18 Å². The molecule has 23 heavy (non-hydrogen) atoms. The Morgan fingerprint density at radius 3 is 2.57 bits per heavy atom. The Bertz CT molecular complexity index is 787. The van der Waals surface area contributed by atoms with Crippen molar-refractivity contribution in [1.82, 2.24) is 20.2 Å². The van der Waals surface area contributed by atoms with Crippen LogP contribution in [0.3, 0.4) is 0 Å². The molecule has 0 bridgehead atoms. The van der Waals surface area contributed by atoms with Crippen molar-refractivity contribution >= 4 is 5.97 Å². The van der Waals surface area contributed by atoms with Crippen LogP contribution in [0.15, 0.2) is 54.6 Å². The van der Waals surface area contributed by atoms with Crippen LogP contribution in [0, 0.1) is 5.82 Å². The third-order valence-corrected chi connectivity index (χ3v) is 3.07. The first-order chi connectivity index (χ1) is 11.2. The molecule has 1 heterocycles. The monoisotopic (exact) mass is 312 g/mol. The number of ether oxygens (including phenoxy) is 1. The highest BCUT2D eigenvalue weighted by Crippen LogP contribution is 2.11. The van der Waals surface area contributed by atoms with Gasteiger partial charge in [0, 0.05) is 5.56 Å². The summed E-state index contributed by atoms with van der Waals surface area (Å²) in [5, 5.41) is 11.9. The van der Waals surface area contributed by atoms with E-state index >= 15 is 0 Å². The maximum atomic E-state index is 12.8. The molecule has 0 N–H and O–H groups in total. The summed E-state index contributed by atoms with van der Waals surface area (Å²) in [4.78, 5) is 12.9. The molecular weight excluding hydrogens is 299 g/mol. The van der Waals surface area contributed by atoms with E-state index in [9.17, 15) is 9.18 Å². The van der Waals surface area contributed by atoms with Gasteiger partial charge in [-0.3, -0.25) is 0 Å². The number of rotatable bonds is 5. The van der Waals surface area contributed by atoms with Crippen molar-refractivity contribution in [2.24, 2.45) is 0 Å². The lowest BCUT2D eigenvalue weighted by Gasteiger charge is -2.04. The lowest BCUT2D eigenvalue weighted by molar-refractivity contribution is -0.146. The Morgan fingerprint density at radius 2 is 1.83 bits per heavy atom. The second kappa shape index (κ2) is 6.78. The molecule has 2 aromatic carbocycles. The number of halogens is 1. The van der Waals surface area contributed by atoms with Gasteiger partial charge in [-0.15, -0.1) is 10.2 Å². The molecule has 0 atom stereocenters. The minimum atomic E-state index is -0.494. The smallest absolute Gasteiger partial charge is 0.330 e. The molecule has 6 nitrogen and oxygen atoms in total. The summed E-state index contributed by atoms with van der Waals surface area (Å²) < 4.78 is 17.9. The van der Waals surface area contributed by atoms with E-state index in [1.54, 1.807) is 12.1 Å². The summed E-state index contributed by atoms with van der Waals surface area (Å²) in [5.41, 5.74) is 1.52. The number of esters is 1. The molecule has 0 saturated carbocycles. The first-order valence-corrected chi connectivity index (χ1v) is 6.94. The van der Waals surface area contributed by atoms with Gasteiger partial charge in [0.15, 0.2) is 6.54 Å². The van der Waals surface area contributed by atoms with Crippen molar-refractivity contribution in [2.75, 3.05) is 0 Å². The van der Waals surface area contributed by atoms with Gasteiger partial charge in [0.1, 0.15) is 12.4 Å². The van der Waals surface area contributed by atoms with E-state index in [1.807, 2.05) is 30.3 Å². The minimum absolute atomic E-state index is 0.0688. The number of carbonyl (C=O) groups excluding carboxylic acids is 1. The zero-order chi connectivity index (χ0) is 16.1. The highest BCUT2D eigenvalue weighted by atomic mass is 19.1. The molecule has 0 unspecified atom stereocenters. The van der Waals surface area contributed by atoms with Crippen molar-refractivity contribution in [3.63, 3.8) is 0 Å². The topological polar surface area (TPSA) is 69.9 Å². The van der Waals surface area contributed by atoms with E-state index in [1.165, 1.54) is 16.9 Å². The van der Waals surface area contributed by atoms with Gasteiger partial charge in [0.25, 0.3) is 0 Å². The Hall–Kier alpha value is -3.09. The lowest BCUT2D eigenvalue weighted by Crippen LogP contribution is -2.15. The van der Waals surface area contributed by atoms with Crippen LogP contribution in [0.5, 0.6) is 0 Å². The van der Waals surface area contributed by atoms with E-state index < -0.39 is 5.97 Å². The number of carbonyl (C=O) groups is 1. The number of hydrogen-bond donors (Lipinski definition) is 0. The number of aromatic nitrogens is 4. The average molecular weight is 312 g/mol. The Labute approximate surface area is 131 Å². The molecule has 116 valence electrons. The number of benzene rings is 2. The van der Waals surface area contributed by atoms with Crippen molar-refractivity contribution < 1.29 is 13.9 Å². The molecule has 3 aromatic rings. The van der Waals surface area contributed by atoms with Crippen molar-refractivity contribution in [3.8, 4) is 11.4 Å². The molecule has 7 heteroatoms. The molecule has 0 aliphatic heterocycles. The predicted molar refractivity (Wildman–Crippen MR) is 79.4 cm³/mol. The lowest BCUT2D eigenvalue weighted by atomic mass is 10.2. The zero-order valence-corrected chi connectivity index (χ0v) is 12.1. The SMILES string of the molecule is O=C(Cn1nnc(-c2ccccc2)n1)OCc1ccc(F)cc1. The zero-order valence-electron chi connectivity index (χ0n) is 12.1. The highest BCUT2D eigenvalue weighted by Gasteiger charge is 2.10. The van der Waals surface area contributed by atoms with E-state index in [-0.39, 0.29) is 19.0 Å². The number of nitrogens with zero attached hydrogens (tertiary/aromatic N) is 4. The minimum Gasteiger partial charge on any atom is -0.459 e. The maximum absolute atomic E-state index is 12.8. The average Bonchev–Trinajstić information content (AvgIpc) is 3.04. The molecule has 0 saturated heterocycles. The largest absolute Gasteiger partial charge is 0.459 e. The Kier molecular flexibility index (Phi) is 4.37. The van der Waals surface area contributed by atoms with E-state index in [4.69, 9.17) is 4.74 Å². The first kappa shape index (κ1) is 14.8. The normalized spacial score (nSPS) is 10.5. The van der Waals surface area contributed by atoms with Gasteiger partial charge >= 0.3 is 5.97 Å². The second-order valence-corrected chi connectivity index (χ2v) is 4.80. The Balaban J connectivity index is 1.56. The van der Waals surface area contributed by atoms with E-state index in [2.05, 4.69) is 15.4 Å². The standard InChI is InChI=1S/C16H13FN4O2/c17-14-8-6-12(7-9-14)11-23-15(22)10-21-19-16(18-20-21)13-4-2-1-3-5-13/h1-9H,10-11H2. The molecule has 1 aromatic heterocycles. The van der Waals surface area contributed by atoms with Gasteiger partial charge in [0.05, 0.1) is 0 Å². The fraction of sp³-hybridized carbons (Fsp3) is 0.125. The van der Waals surface area contributed by atoms with Crippen LogP contribution in [0.1, 0.15) is 5.56 Å².